The third-order valence-corrected chi connectivity index (χ3v) is 2.07. The summed E-state index contributed by atoms with van der Waals surface area (Å²) < 4.78 is 65.3. The van der Waals surface area contributed by atoms with Gasteiger partial charge in [-0.1, -0.05) is 6.92 Å². The molecule has 0 aliphatic carbocycles. The number of carbonyl (C=O) groups excluding carboxylic acids is 1. The monoisotopic (exact) mass is 268 g/mol. The number of alkyl halides is 3. The Kier molecular flexibility index (Phi) is 4.26. The second kappa shape index (κ2) is 5.32. The van der Waals surface area contributed by atoms with Gasteiger partial charge in [-0.15, -0.1) is 13.2 Å². The summed E-state index contributed by atoms with van der Waals surface area (Å²) in [6.45, 7) is 1.52. The van der Waals surface area contributed by atoms with E-state index in [2.05, 4.69) is 4.74 Å². The first-order valence-electron chi connectivity index (χ1n) is 4.92. The summed E-state index contributed by atoms with van der Waals surface area (Å²) in [7, 11) is 0. The summed E-state index contributed by atoms with van der Waals surface area (Å²) >= 11 is 0. The molecule has 1 unspecified atom stereocenters. The molecule has 1 rings (SSSR count). The van der Waals surface area contributed by atoms with E-state index in [1.165, 1.54) is 6.92 Å². The van der Waals surface area contributed by atoms with E-state index in [0.29, 0.717) is 18.4 Å². The number of halogens is 5. The van der Waals surface area contributed by atoms with E-state index in [9.17, 15) is 26.7 Å². The lowest BCUT2D eigenvalue weighted by Gasteiger charge is -2.12. The van der Waals surface area contributed by atoms with Crippen molar-refractivity contribution >= 4 is 6.29 Å². The van der Waals surface area contributed by atoms with Gasteiger partial charge >= 0.3 is 6.36 Å². The lowest BCUT2D eigenvalue weighted by molar-refractivity contribution is -0.276. The molecule has 0 aromatic heterocycles. The molecule has 0 aliphatic heterocycles. The van der Waals surface area contributed by atoms with Crippen LogP contribution in [-0.2, 0) is 11.2 Å². The Bertz CT molecular complexity index is 419. The molecule has 0 aliphatic rings. The van der Waals surface area contributed by atoms with Gasteiger partial charge in [0.1, 0.15) is 6.29 Å². The predicted octanol–water partition coefficient (Wildman–Crippen LogP) is 3.24. The molecule has 100 valence electrons. The van der Waals surface area contributed by atoms with Gasteiger partial charge in [-0.2, -0.15) is 0 Å². The number of aldehydes is 1. The van der Waals surface area contributed by atoms with Gasteiger partial charge in [0.15, 0.2) is 11.6 Å². The molecule has 18 heavy (non-hydrogen) atoms. The van der Waals surface area contributed by atoms with Crippen LogP contribution in [0.5, 0.6) is 5.75 Å². The fourth-order valence-electron chi connectivity index (χ4n) is 1.36. The average Bonchev–Trinajstić information content (AvgIpc) is 2.22. The summed E-state index contributed by atoms with van der Waals surface area (Å²) in [5.41, 5.74) is 0.0825. The van der Waals surface area contributed by atoms with Gasteiger partial charge in [0.2, 0.25) is 5.75 Å². The SMILES string of the molecule is CC(C=O)Cc1cc(F)c(OC(F)(F)F)c(F)c1. The molecule has 1 atom stereocenters. The molecular weight excluding hydrogens is 259 g/mol. The van der Waals surface area contributed by atoms with Gasteiger partial charge in [-0.3, -0.25) is 0 Å². The van der Waals surface area contributed by atoms with Crippen molar-refractivity contribution in [1.82, 2.24) is 0 Å². The summed E-state index contributed by atoms with van der Waals surface area (Å²) in [4.78, 5) is 10.4. The minimum absolute atomic E-state index is 0.0314. The van der Waals surface area contributed by atoms with Crippen molar-refractivity contribution in [3.05, 3.63) is 29.3 Å². The minimum atomic E-state index is -5.17. The van der Waals surface area contributed by atoms with Gasteiger partial charge in [-0.05, 0) is 24.1 Å². The van der Waals surface area contributed by atoms with E-state index in [1.54, 1.807) is 0 Å². The van der Waals surface area contributed by atoms with Crippen molar-refractivity contribution in [3.8, 4) is 5.75 Å². The van der Waals surface area contributed by atoms with Crippen LogP contribution in [0.2, 0.25) is 0 Å². The zero-order valence-corrected chi connectivity index (χ0v) is 9.22. The van der Waals surface area contributed by atoms with Crippen LogP contribution in [0.3, 0.4) is 0 Å². The summed E-state index contributed by atoms with van der Waals surface area (Å²) in [6.07, 6.45) is -4.56. The van der Waals surface area contributed by atoms with E-state index in [-0.39, 0.29) is 12.0 Å². The lowest BCUT2D eigenvalue weighted by Crippen LogP contribution is -2.19. The van der Waals surface area contributed by atoms with Crippen LogP contribution in [0.4, 0.5) is 22.0 Å². The Morgan fingerprint density at radius 2 is 1.78 bits per heavy atom. The molecule has 0 bridgehead atoms. The average molecular weight is 268 g/mol. The Morgan fingerprint density at radius 1 is 1.28 bits per heavy atom. The largest absolute Gasteiger partial charge is 0.573 e. The fourth-order valence-corrected chi connectivity index (χ4v) is 1.36. The second-order valence-electron chi connectivity index (χ2n) is 3.75. The van der Waals surface area contributed by atoms with Gasteiger partial charge < -0.3 is 9.53 Å². The fraction of sp³-hybridized carbons (Fsp3) is 0.364. The van der Waals surface area contributed by atoms with E-state index < -0.39 is 29.7 Å². The summed E-state index contributed by atoms with van der Waals surface area (Å²) in [5.74, 6) is -4.90. The van der Waals surface area contributed by atoms with E-state index in [1.807, 2.05) is 0 Å². The predicted molar refractivity (Wildman–Crippen MR) is 52.0 cm³/mol. The molecule has 0 amide bonds. The van der Waals surface area contributed by atoms with Crippen molar-refractivity contribution in [2.75, 3.05) is 0 Å². The van der Waals surface area contributed by atoms with Crippen molar-refractivity contribution in [3.63, 3.8) is 0 Å². The van der Waals surface area contributed by atoms with E-state index in [4.69, 9.17) is 0 Å². The molecule has 7 heteroatoms. The van der Waals surface area contributed by atoms with Gasteiger partial charge in [-0.25, -0.2) is 8.78 Å². The Labute approximate surface area is 99.4 Å². The van der Waals surface area contributed by atoms with E-state index >= 15 is 0 Å². The Morgan fingerprint density at radius 3 is 2.17 bits per heavy atom. The van der Waals surface area contributed by atoms with Gasteiger partial charge in [0, 0.05) is 5.92 Å². The van der Waals surface area contributed by atoms with Crippen molar-refractivity contribution in [2.24, 2.45) is 5.92 Å². The molecule has 0 radical (unpaired) electrons. The quantitative estimate of drug-likeness (QED) is 0.619. The number of rotatable bonds is 4. The third-order valence-electron chi connectivity index (χ3n) is 2.07. The molecule has 1 aromatic carbocycles. The number of hydrogen-bond donors (Lipinski definition) is 0. The van der Waals surface area contributed by atoms with Crippen LogP contribution in [0.25, 0.3) is 0 Å². The van der Waals surface area contributed by atoms with Crippen LogP contribution in [0.15, 0.2) is 12.1 Å². The molecule has 0 saturated carbocycles. The van der Waals surface area contributed by atoms with Crippen LogP contribution >= 0.6 is 0 Å². The highest BCUT2D eigenvalue weighted by Crippen LogP contribution is 2.29. The molecule has 0 fully saturated rings. The zero-order valence-electron chi connectivity index (χ0n) is 9.22. The zero-order chi connectivity index (χ0) is 13.9. The third kappa shape index (κ3) is 3.97. The second-order valence-corrected chi connectivity index (χ2v) is 3.75. The molecule has 2 nitrogen and oxygen atoms in total. The number of benzene rings is 1. The van der Waals surface area contributed by atoms with Crippen molar-refractivity contribution in [2.45, 2.75) is 19.7 Å². The first-order valence-corrected chi connectivity index (χ1v) is 4.92. The number of ether oxygens (including phenoxy) is 1. The standard InChI is InChI=1S/C11H9F5O2/c1-6(5-17)2-7-3-8(12)10(9(13)4-7)18-11(14,15)16/h3-6H,2H2,1H3. The smallest absolute Gasteiger partial charge is 0.399 e. The van der Waals surface area contributed by atoms with Crippen LogP contribution in [-0.4, -0.2) is 12.6 Å². The van der Waals surface area contributed by atoms with Crippen LogP contribution in [0.1, 0.15) is 12.5 Å². The van der Waals surface area contributed by atoms with E-state index in [0.717, 1.165) is 0 Å². The number of carbonyl (C=O) groups is 1. The Balaban J connectivity index is 3.01. The maximum atomic E-state index is 13.2. The van der Waals surface area contributed by atoms with Gasteiger partial charge in [0.05, 0.1) is 0 Å². The maximum Gasteiger partial charge on any atom is 0.573 e. The highest BCUT2D eigenvalue weighted by atomic mass is 19.4. The Hall–Kier alpha value is -1.66. The maximum absolute atomic E-state index is 13.2. The topological polar surface area (TPSA) is 26.3 Å². The lowest BCUT2D eigenvalue weighted by atomic mass is 10.0. The van der Waals surface area contributed by atoms with Crippen LogP contribution < -0.4 is 4.74 Å². The van der Waals surface area contributed by atoms with Gasteiger partial charge in [0.25, 0.3) is 0 Å². The van der Waals surface area contributed by atoms with Crippen molar-refractivity contribution in [1.29, 1.82) is 0 Å². The molecule has 0 heterocycles. The normalized spacial score (nSPS) is 13.2. The molecule has 0 saturated heterocycles. The molecule has 0 N–H and O–H groups in total. The minimum Gasteiger partial charge on any atom is -0.399 e. The molecular formula is C11H9F5O2. The first-order chi connectivity index (χ1) is 8.23. The molecule has 1 aromatic rings. The molecule has 0 spiro atoms. The highest BCUT2D eigenvalue weighted by molar-refractivity contribution is 5.53. The summed E-state index contributed by atoms with van der Waals surface area (Å²) in [6, 6.07) is 1.42. The summed E-state index contributed by atoms with van der Waals surface area (Å²) in [5, 5.41) is 0. The van der Waals surface area contributed by atoms with Crippen molar-refractivity contribution < 1.29 is 31.5 Å². The number of hydrogen-bond acceptors (Lipinski definition) is 2. The first kappa shape index (κ1) is 14.4. The van der Waals surface area contributed by atoms with Crippen LogP contribution in [0, 0.1) is 17.6 Å². The highest BCUT2D eigenvalue weighted by Gasteiger charge is 2.34.